The van der Waals surface area contributed by atoms with E-state index in [2.05, 4.69) is 10.2 Å². The first-order valence-corrected chi connectivity index (χ1v) is 3.99. The third-order valence-corrected chi connectivity index (χ3v) is 2.01. The van der Waals surface area contributed by atoms with Gasteiger partial charge >= 0.3 is 0 Å². The maximum atomic E-state index is 12.2. The van der Waals surface area contributed by atoms with Crippen molar-refractivity contribution in [3.8, 4) is 0 Å². The number of alkyl halides is 1. The quantitative estimate of drug-likeness (QED) is 0.736. The van der Waals surface area contributed by atoms with E-state index in [4.69, 9.17) is 0 Å². The summed E-state index contributed by atoms with van der Waals surface area (Å²) in [5.74, 6) is 0. The third-order valence-electron chi connectivity index (χ3n) is 2.01. The summed E-state index contributed by atoms with van der Waals surface area (Å²) in [6.45, 7) is -0.780. The Morgan fingerprint density at radius 2 is 2.38 bits per heavy atom. The second-order valence-electron chi connectivity index (χ2n) is 2.85. The summed E-state index contributed by atoms with van der Waals surface area (Å²) in [5.41, 5.74) is 1.25. The molecule has 0 aliphatic rings. The van der Waals surface area contributed by atoms with Crippen molar-refractivity contribution in [3.05, 3.63) is 30.0 Å². The second kappa shape index (κ2) is 3.14. The molecule has 0 fully saturated rings. The molecule has 1 heterocycles. The number of fused-ring (bicyclic) bond motifs is 1. The Kier molecular flexibility index (Phi) is 1.98. The number of rotatable bonds is 2. The number of H-pyrrole nitrogens is 1. The summed E-state index contributed by atoms with van der Waals surface area (Å²) in [4.78, 5) is 0. The molecule has 2 aromatic rings. The van der Waals surface area contributed by atoms with Crippen LogP contribution in [-0.2, 0) is 0 Å². The SMILES string of the molecule is OC(CF)c1cccc2cn[nH]c12. The first kappa shape index (κ1) is 8.19. The highest BCUT2D eigenvalue weighted by Crippen LogP contribution is 2.22. The van der Waals surface area contributed by atoms with Gasteiger partial charge < -0.3 is 5.11 Å². The topological polar surface area (TPSA) is 48.9 Å². The van der Waals surface area contributed by atoms with E-state index in [-0.39, 0.29) is 0 Å². The molecular weight excluding hydrogens is 171 g/mol. The number of aromatic amines is 1. The van der Waals surface area contributed by atoms with E-state index in [1.165, 1.54) is 0 Å². The molecule has 0 saturated carbocycles. The zero-order valence-electron chi connectivity index (χ0n) is 6.87. The van der Waals surface area contributed by atoms with Gasteiger partial charge in [-0.1, -0.05) is 18.2 Å². The van der Waals surface area contributed by atoms with Gasteiger partial charge in [0.05, 0.1) is 11.7 Å². The van der Waals surface area contributed by atoms with E-state index < -0.39 is 12.8 Å². The van der Waals surface area contributed by atoms with Crippen LogP contribution in [0.4, 0.5) is 4.39 Å². The molecular formula is C9H9FN2O. The van der Waals surface area contributed by atoms with Crippen LogP contribution in [0.1, 0.15) is 11.7 Å². The van der Waals surface area contributed by atoms with Crippen LogP contribution in [0.15, 0.2) is 24.4 Å². The average molecular weight is 180 g/mol. The molecule has 1 aromatic heterocycles. The van der Waals surface area contributed by atoms with Gasteiger partial charge in [-0.05, 0) is 0 Å². The number of aliphatic hydroxyl groups excluding tert-OH is 1. The van der Waals surface area contributed by atoms with Crippen LogP contribution in [0.25, 0.3) is 10.9 Å². The molecule has 0 aliphatic heterocycles. The van der Waals surface area contributed by atoms with Crippen molar-refractivity contribution in [1.82, 2.24) is 10.2 Å². The Morgan fingerprint density at radius 3 is 3.15 bits per heavy atom. The summed E-state index contributed by atoms with van der Waals surface area (Å²) in [5, 5.41) is 16.7. The molecule has 0 spiro atoms. The number of halogens is 1. The van der Waals surface area contributed by atoms with Gasteiger partial charge in [-0.3, -0.25) is 5.10 Å². The van der Waals surface area contributed by atoms with Gasteiger partial charge in [0.2, 0.25) is 0 Å². The standard InChI is InChI=1S/C9H9FN2O/c10-4-8(13)7-3-1-2-6-5-11-12-9(6)7/h1-3,5,8,13H,4H2,(H,11,12). The van der Waals surface area contributed by atoms with Crippen molar-refractivity contribution in [2.45, 2.75) is 6.10 Å². The lowest BCUT2D eigenvalue weighted by Gasteiger charge is -2.06. The molecule has 0 radical (unpaired) electrons. The molecule has 4 heteroatoms. The first-order valence-electron chi connectivity index (χ1n) is 3.99. The van der Waals surface area contributed by atoms with Gasteiger partial charge in [0, 0.05) is 10.9 Å². The van der Waals surface area contributed by atoms with Crippen molar-refractivity contribution in [2.24, 2.45) is 0 Å². The fraction of sp³-hybridized carbons (Fsp3) is 0.222. The maximum absolute atomic E-state index is 12.2. The summed E-state index contributed by atoms with van der Waals surface area (Å²) in [6.07, 6.45) is 0.577. The number of aromatic nitrogens is 2. The summed E-state index contributed by atoms with van der Waals surface area (Å²) >= 11 is 0. The van der Waals surface area contributed by atoms with Crippen molar-refractivity contribution in [1.29, 1.82) is 0 Å². The second-order valence-corrected chi connectivity index (χ2v) is 2.85. The van der Waals surface area contributed by atoms with Crippen molar-refractivity contribution >= 4 is 10.9 Å². The number of para-hydroxylation sites is 1. The highest BCUT2D eigenvalue weighted by atomic mass is 19.1. The average Bonchev–Trinajstić information content (AvgIpc) is 2.63. The molecule has 3 nitrogen and oxygen atoms in total. The molecule has 1 unspecified atom stereocenters. The lowest BCUT2D eigenvalue weighted by molar-refractivity contribution is 0.143. The smallest absolute Gasteiger partial charge is 0.120 e. The van der Waals surface area contributed by atoms with Gasteiger partial charge in [-0.15, -0.1) is 0 Å². The van der Waals surface area contributed by atoms with Crippen molar-refractivity contribution < 1.29 is 9.50 Å². The molecule has 13 heavy (non-hydrogen) atoms. The van der Waals surface area contributed by atoms with Gasteiger partial charge in [0.15, 0.2) is 0 Å². The van der Waals surface area contributed by atoms with Gasteiger partial charge in [0.25, 0.3) is 0 Å². The summed E-state index contributed by atoms with van der Waals surface area (Å²) in [6, 6.07) is 5.31. The van der Waals surface area contributed by atoms with Gasteiger partial charge in [-0.2, -0.15) is 5.10 Å². The fourth-order valence-corrected chi connectivity index (χ4v) is 1.35. The lowest BCUT2D eigenvalue weighted by atomic mass is 10.1. The number of nitrogens with one attached hydrogen (secondary N) is 1. The van der Waals surface area contributed by atoms with E-state index in [0.717, 1.165) is 5.39 Å². The third kappa shape index (κ3) is 1.29. The number of hydrogen-bond donors (Lipinski definition) is 2. The number of hydrogen-bond acceptors (Lipinski definition) is 2. The molecule has 0 saturated heterocycles. The summed E-state index contributed by atoms with van der Waals surface area (Å²) in [7, 11) is 0. The summed E-state index contributed by atoms with van der Waals surface area (Å²) < 4.78 is 12.2. The normalized spacial score (nSPS) is 13.4. The fourth-order valence-electron chi connectivity index (χ4n) is 1.35. The number of aliphatic hydroxyl groups is 1. The van der Waals surface area contributed by atoms with Crippen LogP contribution >= 0.6 is 0 Å². The molecule has 2 rings (SSSR count). The predicted octanol–water partition coefficient (Wildman–Crippen LogP) is 1.57. The highest BCUT2D eigenvalue weighted by Gasteiger charge is 2.11. The Hall–Kier alpha value is -1.42. The van der Waals surface area contributed by atoms with Crippen molar-refractivity contribution in [3.63, 3.8) is 0 Å². The van der Waals surface area contributed by atoms with Crippen LogP contribution in [0.2, 0.25) is 0 Å². The molecule has 2 N–H and O–H groups in total. The van der Waals surface area contributed by atoms with E-state index in [0.29, 0.717) is 11.1 Å². The van der Waals surface area contributed by atoms with Crippen LogP contribution in [0.3, 0.4) is 0 Å². The van der Waals surface area contributed by atoms with Crippen LogP contribution in [0.5, 0.6) is 0 Å². The Balaban J connectivity index is 2.60. The molecule has 1 aromatic carbocycles. The minimum absolute atomic E-state index is 0.553. The Morgan fingerprint density at radius 1 is 1.54 bits per heavy atom. The van der Waals surface area contributed by atoms with Crippen molar-refractivity contribution in [2.75, 3.05) is 6.67 Å². The largest absolute Gasteiger partial charge is 0.386 e. The van der Waals surface area contributed by atoms with E-state index in [1.807, 2.05) is 6.07 Å². The van der Waals surface area contributed by atoms with E-state index in [9.17, 15) is 9.50 Å². The minimum atomic E-state index is -1.07. The number of nitrogens with zero attached hydrogens (tertiary/aromatic N) is 1. The Bertz CT molecular complexity index is 413. The zero-order valence-corrected chi connectivity index (χ0v) is 6.87. The van der Waals surface area contributed by atoms with E-state index in [1.54, 1.807) is 18.3 Å². The molecule has 0 bridgehead atoms. The minimum Gasteiger partial charge on any atom is -0.386 e. The monoisotopic (exact) mass is 180 g/mol. The lowest BCUT2D eigenvalue weighted by Crippen LogP contribution is -1.99. The molecule has 68 valence electrons. The van der Waals surface area contributed by atoms with Gasteiger partial charge in [-0.25, -0.2) is 4.39 Å². The zero-order chi connectivity index (χ0) is 9.26. The predicted molar refractivity (Wildman–Crippen MR) is 47.0 cm³/mol. The molecule has 0 aliphatic carbocycles. The van der Waals surface area contributed by atoms with Crippen LogP contribution < -0.4 is 0 Å². The van der Waals surface area contributed by atoms with E-state index >= 15 is 0 Å². The van der Waals surface area contributed by atoms with Crippen LogP contribution in [0, 0.1) is 0 Å². The van der Waals surface area contributed by atoms with Crippen LogP contribution in [-0.4, -0.2) is 22.0 Å². The molecule has 0 amide bonds. The first-order chi connectivity index (χ1) is 6.33. The molecule has 1 atom stereocenters. The number of benzene rings is 1. The highest BCUT2D eigenvalue weighted by molar-refractivity contribution is 5.81. The Labute approximate surface area is 74.2 Å². The van der Waals surface area contributed by atoms with Gasteiger partial charge in [0.1, 0.15) is 12.8 Å². The maximum Gasteiger partial charge on any atom is 0.120 e.